The Morgan fingerprint density at radius 3 is 1.97 bits per heavy atom. The summed E-state index contributed by atoms with van der Waals surface area (Å²) in [4.78, 5) is 5.41. The van der Waals surface area contributed by atoms with Crippen molar-refractivity contribution in [2.24, 2.45) is 0 Å². The summed E-state index contributed by atoms with van der Waals surface area (Å²) in [7, 11) is 3.40. The van der Waals surface area contributed by atoms with Crippen molar-refractivity contribution in [3.05, 3.63) is 95.6 Å². The highest BCUT2D eigenvalue weighted by atomic mass is 16.5. The fourth-order valence-electron chi connectivity index (χ4n) is 5.36. The maximum atomic E-state index is 5.54. The molecule has 0 radical (unpaired) electrons. The van der Waals surface area contributed by atoms with Gasteiger partial charge in [-0.15, -0.1) is 0 Å². The van der Waals surface area contributed by atoms with Crippen molar-refractivity contribution in [1.29, 1.82) is 0 Å². The molecule has 192 valence electrons. The first-order valence-electron chi connectivity index (χ1n) is 13.5. The van der Waals surface area contributed by atoms with Gasteiger partial charge in [-0.3, -0.25) is 4.90 Å². The van der Waals surface area contributed by atoms with E-state index in [9.17, 15) is 0 Å². The fourth-order valence-corrected chi connectivity index (χ4v) is 5.36. The molecule has 3 aromatic rings. The smallest absolute Gasteiger partial charge is 0.160 e. The van der Waals surface area contributed by atoms with Crippen molar-refractivity contribution in [1.82, 2.24) is 9.80 Å². The molecule has 0 saturated carbocycles. The zero-order valence-electron chi connectivity index (χ0n) is 22.1. The Labute approximate surface area is 217 Å². The maximum absolute atomic E-state index is 5.54. The molecule has 0 amide bonds. The predicted molar refractivity (Wildman–Crippen MR) is 149 cm³/mol. The number of ether oxygens (including phenoxy) is 2. The largest absolute Gasteiger partial charge is 0.493 e. The minimum absolute atomic E-state index is 0.661. The van der Waals surface area contributed by atoms with Crippen LogP contribution in [0.15, 0.2) is 78.9 Å². The molecule has 0 spiro atoms. The van der Waals surface area contributed by atoms with Crippen LogP contribution in [-0.2, 0) is 19.3 Å². The summed E-state index contributed by atoms with van der Waals surface area (Å²) in [5, 5.41) is 0. The first kappa shape index (κ1) is 26.2. The molecule has 0 unspecified atom stereocenters. The Morgan fingerprint density at radius 2 is 1.33 bits per heavy atom. The standard InChI is InChI=1S/C32H42N2O2/c1-35-31-16-15-29(26-32(31)36-2)18-25-34(21-9-14-27-10-5-3-6-11-27)30-19-23-33(24-20-30)22-17-28-12-7-4-8-13-28/h3-8,10-13,15-16,26,30H,9,14,17-25H2,1-2H3. The van der Waals surface area contributed by atoms with Crippen LogP contribution < -0.4 is 9.47 Å². The lowest BCUT2D eigenvalue weighted by Crippen LogP contribution is -2.46. The molecule has 1 aliphatic rings. The topological polar surface area (TPSA) is 24.9 Å². The molecule has 4 nitrogen and oxygen atoms in total. The summed E-state index contributed by atoms with van der Waals surface area (Å²) in [6.45, 7) is 5.79. The van der Waals surface area contributed by atoms with Crippen LogP contribution in [0.25, 0.3) is 0 Å². The Balaban J connectivity index is 1.32. The van der Waals surface area contributed by atoms with Gasteiger partial charge in [0.1, 0.15) is 0 Å². The van der Waals surface area contributed by atoms with Crippen LogP contribution in [0.5, 0.6) is 11.5 Å². The molecule has 3 aromatic carbocycles. The number of likely N-dealkylation sites (tertiary alicyclic amines) is 1. The third kappa shape index (κ3) is 7.84. The number of nitrogens with zero attached hydrogens (tertiary/aromatic N) is 2. The summed E-state index contributed by atoms with van der Waals surface area (Å²) in [5.41, 5.74) is 4.19. The van der Waals surface area contributed by atoms with E-state index in [-0.39, 0.29) is 0 Å². The first-order chi connectivity index (χ1) is 17.7. The van der Waals surface area contributed by atoms with Gasteiger partial charge in [-0.25, -0.2) is 0 Å². The maximum Gasteiger partial charge on any atom is 0.160 e. The highest BCUT2D eigenvalue weighted by Gasteiger charge is 2.24. The summed E-state index contributed by atoms with van der Waals surface area (Å²) < 4.78 is 11.0. The second kappa shape index (κ2) is 14.1. The van der Waals surface area contributed by atoms with Crippen molar-refractivity contribution >= 4 is 0 Å². The second-order valence-electron chi connectivity index (χ2n) is 9.87. The Hall–Kier alpha value is -2.82. The van der Waals surface area contributed by atoms with Gasteiger partial charge in [-0.05, 0) is 87.0 Å². The molecule has 4 rings (SSSR count). The Morgan fingerprint density at radius 1 is 0.694 bits per heavy atom. The summed E-state index contributed by atoms with van der Waals surface area (Å²) >= 11 is 0. The normalized spacial score (nSPS) is 14.8. The molecular formula is C32H42N2O2. The van der Waals surface area contributed by atoms with E-state index in [1.165, 1.54) is 49.0 Å². The monoisotopic (exact) mass is 486 g/mol. The molecule has 0 bridgehead atoms. The minimum atomic E-state index is 0.661. The Bertz CT molecular complexity index is 1020. The number of methoxy groups -OCH3 is 2. The zero-order valence-corrected chi connectivity index (χ0v) is 22.1. The van der Waals surface area contributed by atoms with Crippen molar-refractivity contribution in [2.45, 2.75) is 44.6 Å². The van der Waals surface area contributed by atoms with Gasteiger partial charge in [-0.1, -0.05) is 66.7 Å². The van der Waals surface area contributed by atoms with E-state index in [4.69, 9.17) is 9.47 Å². The van der Waals surface area contributed by atoms with E-state index >= 15 is 0 Å². The molecule has 4 heteroatoms. The van der Waals surface area contributed by atoms with Gasteiger partial charge in [0.15, 0.2) is 11.5 Å². The third-order valence-electron chi connectivity index (χ3n) is 7.52. The molecule has 1 heterocycles. The van der Waals surface area contributed by atoms with Crippen molar-refractivity contribution in [3.63, 3.8) is 0 Å². The molecule has 0 aromatic heterocycles. The molecule has 0 atom stereocenters. The van der Waals surface area contributed by atoms with Gasteiger partial charge in [0.05, 0.1) is 14.2 Å². The fraction of sp³-hybridized carbons (Fsp3) is 0.438. The van der Waals surface area contributed by atoms with Gasteiger partial charge in [0, 0.05) is 19.1 Å². The second-order valence-corrected chi connectivity index (χ2v) is 9.87. The first-order valence-corrected chi connectivity index (χ1v) is 13.5. The van der Waals surface area contributed by atoms with Gasteiger partial charge in [-0.2, -0.15) is 0 Å². The van der Waals surface area contributed by atoms with E-state index in [1.807, 2.05) is 6.07 Å². The lowest BCUT2D eigenvalue weighted by Gasteiger charge is -2.39. The summed E-state index contributed by atoms with van der Waals surface area (Å²) in [6.07, 6.45) is 7.03. The van der Waals surface area contributed by atoms with Crippen LogP contribution in [0.2, 0.25) is 0 Å². The van der Waals surface area contributed by atoms with E-state index in [0.717, 1.165) is 50.4 Å². The van der Waals surface area contributed by atoms with Crippen LogP contribution in [0.4, 0.5) is 0 Å². The Kier molecular flexibility index (Phi) is 10.2. The number of hydrogen-bond acceptors (Lipinski definition) is 4. The zero-order chi connectivity index (χ0) is 25.0. The van der Waals surface area contributed by atoms with E-state index in [0.29, 0.717) is 6.04 Å². The molecule has 1 saturated heterocycles. The molecule has 0 aliphatic carbocycles. The highest BCUT2D eigenvalue weighted by Crippen LogP contribution is 2.28. The third-order valence-corrected chi connectivity index (χ3v) is 7.52. The molecular weight excluding hydrogens is 444 g/mol. The van der Waals surface area contributed by atoms with Crippen LogP contribution in [0, 0.1) is 0 Å². The average molecular weight is 487 g/mol. The lowest BCUT2D eigenvalue weighted by atomic mass is 10.0. The molecule has 1 aliphatic heterocycles. The number of benzene rings is 3. The highest BCUT2D eigenvalue weighted by molar-refractivity contribution is 5.43. The molecule has 0 N–H and O–H groups in total. The van der Waals surface area contributed by atoms with Crippen molar-refractivity contribution in [2.75, 3.05) is 46.9 Å². The minimum Gasteiger partial charge on any atom is -0.493 e. The van der Waals surface area contributed by atoms with Crippen LogP contribution in [0.1, 0.15) is 36.0 Å². The average Bonchev–Trinajstić information content (AvgIpc) is 2.95. The van der Waals surface area contributed by atoms with Crippen LogP contribution in [0.3, 0.4) is 0 Å². The number of aryl methyl sites for hydroxylation is 1. The van der Waals surface area contributed by atoms with Crippen molar-refractivity contribution < 1.29 is 9.47 Å². The van der Waals surface area contributed by atoms with Crippen LogP contribution in [-0.4, -0.2) is 62.8 Å². The number of piperidine rings is 1. The SMILES string of the molecule is COc1ccc(CCN(CCCc2ccccc2)C2CCN(CCc3ccccc3)CC2)cc1OC. The number of rotatable bonds is 13. The van der Waals surface area contributed by atoms with E-state index in [1.54, 1.807) is 14.2 Å². The van der Waals surface area contributed by atoms with E-state index in [2.05, 4.69) is 82.6 Å². The van der Waals surface area contributed by atoms with Crippen molar-refractivity contribution in [3.8, 4) is 11.5 Å². The van der Waals surface area contributed by atoms with Gasteiger partial charge >= 0.3 is 0 Å². The number of hydrogen-bond donors (Lipinski definition) is 0. The lowest BCUT2D eigenvalue weighted by molar-refractivity contribution is 0.108. The van der Waals surface area contributed by atoms with Gasteiger partial charge in [0.2, 0.25) is 0 Å². The van der Waals surface area contributed by atoms with E-state index < -0.39 is 0 Å². The van der Waals surface area contributed by atoms with Crippen LogP contribution >= 0.6 is 0 Å². The quantitative estimate of drug-likeness (QED) is 0.301. The van der Waals surface area contributed by atoms with Gasteiger partial charge < -0.3 is 14.4 Å². The summed E-state index contributed by atoms with van der Waals surface area (Å²) in [6, 6.07) is 28.8. The van der Waals surface area contributed by atoms with Gasteiger partial charge in [0.25, 0.3) is 0 Å². The molecule has 1 fully saturated rings. The summed E-state index contributed by atoms with van der Waals surface area (Å²) in [5.74, 6) is 1.61. The predicted octanol–water partition coefficient (Wildman–Crippen LogP) is 5.89. The molecule has 36 heavy (non-hydrogen) atoms.